The molecule has 1 saturated carbocycles. The zero-order chi connectivity index (χ0) is 74.8. The van der Waals surface area contributed by atoms with Gasteiger partial charge in [0.1, 0.15) is 30.5 Å². The number of amides is 3. The van der Waals surface area contributed by atoms with Crippen molar-refractivity contribution in [3.63, 3.8) is 0 Å². The van der Waals surface area contributed by atoms with E-state index in [4.69, 9.17) is 53.6 Å². The second-order valence-electron chi connectivity index (χ2n) is 30.0. The van der Waals surface area contributed by atoms with E-state index >= 15 is 0 Å². The number of Topliss-reactive ketones (excluding diaryl/α,β-unsaturated/α-hetero) is 2. The molecular formula is C77H117N11O16. The quantitative estimate of drug-likeness (QED) is 0.0720. The van der Waals surface area contributed by atoms with Gasteiger partial charge in [0.05, 0.1) is 56.3 Å². The van der Waals surface area contributed by atoms with Crippen LogP contribution in [-0.2, 0) is 74.8 Å². The van der Waals surface area contributed by atoms with Gasteiger partial charge in [-0.05, 0) is 114 Å². The van der Waals surface area contributed by atoms with Crippen LogP contribution in [0.4, 0.5) is 16.7 Å². The number of cyclic esters (lactones) is 1. The number of ether oxygens (including phenoxy) is 8. The van der Waals surface area contributed by atoms with E-state index < -0.39 is 108 Å². The van der Waals surface area contributed by atoms with Crippen molar-refractivity contribution in [3.05, 3.63) is 83.0 Å². The Morgan fingerprint density at radius 3 is 2.14 bits per heavy atom. The van der Waals surface area contributed by atoms with Crippen LogP contribution in [0.2, 0.25) is 0 Å². The van der Waals surface area contributed by atoms with Crippen LogP contribution in [0.3, 0.4) is 0 Å². The number of aryl methyl sites for hydroxylation is 1. The molecule has 16 atom stereocenters. The lowest BCUT2D eigenvalue weighted by atomic mass is 9.80. The summed E-state index contributed by atoms with van der Waals surface area (Å²) in [5.74, 6) is -5.94. The molecule has 7 aliphatic rings. The summed E-state index contributed by atoms with van der Waals surface area (Å²) in [4.78, 5) is 115. The van der Waals surface area contributed by atoms with Crippen molar-refractivity contribution < 1.29 is 76.9 Å². The van der Waals surface area contributed by atoms with Crippen molar-refractivity contribution in [3.8, 4) is 0 Å². The van der Waals surface area contributed by atoms with Crippen LogP contribution < -0.4 is 15.5 Å². The Balaban J connectivity index is 0.806. The SMILES string of the molecule is CO[C@H]1C[C@@H]2CC[C@@H](C)[C@@](O)(O2)C(=O)C(=O)N2CCCC[C@H]2C(=O)O[C@H]([C@H](N)C[C@@H]2CC[C@@H](OC(=O)N3CCc4nc(N5CCN(C(=O)CCOCCN6CCN(c7ncc(C)cn7)CC6)CC5)ncc4C3)[C@H](OC)C2)C[C@@H](OC)C(C)/C=C(\C)[C@@H](O)[C@@H](OC)C(=O)[C@H](C)C[C@H](C)/C=C/C=C/C=C/1C. The summed E-state index contributed by atoms with van der Waals surface area (Å²) in [6, 6.07) is -1.99. The average molecular weight is 1450 g/mol. The Labute approximate surface area is 614 Å². The third kappa shape index (κ3) is 21.4. The predicted octanol–water partition coefficient (Wildman–Crippen LogP) is 6.29. The summed E-state index contributed by atoms with van der Waals surface area (Å²) >= 11 is 0. The van der Waals surface area contributed by atoms with Gasteiger partial charge in [-0.2, -0.15) is 0 Å². The molecule has 2 aromatic rings. The molecule has 0 spiro atoms. The number of anilines is 2. The zero-order valence-electron chi connectivity index (χ0n) is 63.3. The summed E-state index contributed by atoms with van der Waals surface area (Å²) in [5, 5.41) is 24.0. The molecule has 1 unspecified atom stereocenters. The highest BCUT2D eigenvalue weighted by atomic mass is 16.6. The molecule has 0 radical (unpaired) electrons. The highest BCUT2D eigenvalue weighted by molar-refractivity contribution is 6.39. The van der Waals surface area contributed by atoms with Crippen LogP contribution >= 0.6 is 0 Å². The lowest BCUT2D eigenvalue weighted by molar-refractivity contribution is -0.265. The fourth-order valence-electron chi connectivity index (χ4n) is 15.8. The minimum absolute atomic E-state index is 0.00379. The van der Waals surface area contributed by atoms with Crippen LogP contribution in [0.25, 0.3) is 0 Å². The number of aliphatic hydroxyl groups is 2. The molecule has 0 aromatic carbocycles. The first-order chi connectivity index (χ1) is 49.9. The number of piperidine rings is 1. The molecule has 2 bridgehead atoms. The maximum Gasteiger partial charge on any atom is 0.410 e. The monoisotopic (exact) mass is 1450 g/mol. The standard InChI is InChI=1S/C77H117N11O16/c1-49-17-13-12-14-18-51(3)63(97-8)43-58-22-20-55(7)77(96,104-58)71(92)72(93)88-26-16-15-19-61(88)73(94)102-65(44-64(98-9)52(4)40-54(6)69(91)70(100-11)68(90)53(5)39-49)59(78)41-56-21-23-62(66(42-56)99-10)103-76(95)87-27-24-60-57(48-87)47-81-75(82-60)86-34-32-84(33-35-86)67(89)25-37-101-38-36-83-28-30-85(31-29-83)74-79-45-50(2)46-80-74/h12-14,17-18,40,45-47,49,52-53,55-56,58-59,61-66,69-70,91,96H,15-16,19-39,41-44,48,78H2,1-11H3/b14-12+,17-13+,51-18+,54-40+/t49-,52?,53-,55-,56+,58+,59-,61+,62-,63+,64-,65+,66-,69-,70+,77-/m1/s1. The van der Waals surface area contributed by atoms with E-state index in [2.05, 4.69) is 24.7 Å². The average Bonchev–Trinajstić information content (AvgIpc) is 0.773. The van der Waals surface area contributed by atoms with E-state index in [1.807, 2.05) is 88.4 Å². The van der Waals surface area contributed by atoms with Crippen molar-refractivity contribution in [1.82, 2.24) is 39.5 Å². The molecule has 4 saturated heterocycles. The van der Waals surface area contributed by atoms with Gasteiger partial charge in [0.15, 0.2) is 5.78 Å². The molecule has 27 heteroatoms. The Morgan fingerprint density at radius 2 is 1.43 bits per heavy atom. The van der Waals surface area contributed by atoms with E-state index in [0.29, 0.717) is 135 Å². The van der Waals surface area contributed by atoms with Crippen LogP contribution in [0.5, 0.6) is 0 Å². The van der Waals surface area contributed by atoms with Crippen molar-refractivity contribution >= 4 is 47.3 Å². The number of aliphatic hydroxyl groups excluding tert-OH is 1. The smallest absolute Gasteiger partial charge is 0.410 e. The van der Waals surface area contributed by atoms with Gasteiger partial charge in [0.2, 0.25) is 23.6 Å². The predicted molar refractivity (Wildman–Crippen MR) is 390 cm³/mol. The number of nitrogens with two attached hydrogens (primary N) is 1. The minimum atomic E-state index is -2.47. The van der Waals surface area contributed by atoms with Crippen LogP contribution in [0.15, 0.2) is 66.2 Å². The second-order valence-corrected chi connectivity index (χ2v) is 30.0. The lowest BCUT2D eigenvalue weighted by Crippen LogP contribution is -2.61. The highest BCUT2D eigenvalue weighted by Gasteiger charge is 2.53. The Kier molecular flexibility index (Phi) is 30.3. The van der Waals surface area contributed by atoms with Gasteiger partial charge in [-0.15, -0.1) is 0 Å². The number of carbonyl (C=O) groups excluding carboxylic acids is 6. The number of methoxy groups -OCH3 is 4. The van der Waals surface area contributed by atoms with E-state index in [1.165, 1.54) is 19.1 Å². The summed E-state index contributed by atoms with van der Waals surface area (Å²) < 4.78 is 48.8. The molecule has 3 amide bonds. The third-order valence-electron chi connectivity index (χ3n) is 22.4. The molecule has 6 aliphatic heterocycles. The molecule has 1 aliphatic carbocycles. The van der Waals surface area contributed by atoms with Crippen LogP contribution in [0.1, 0.15) is 142 Å². The second kappa shape index (κ2) is 38.7. The molecule has 27 nitrogen and oxygen atoms in total. The first-order valence-electron chi connectivity index (χ1n) is 37.8. The molecular weight excluding hydrogens is 1330 g/mol. The van der Waals surface area contributed by atoms with E-state index in [1.54, 1.807) is 39.2 Å². The summed E-state index contributed by atoms with van der Waals surface area (Å²) in [7, 11) is 6.11. The first-order valence-corrected chi connectivity index (χ1v) is 37.8. The number of ketones is 2. The number of carbonyl (C=O) groups is 6. The van der Waals surface area contributed by atoms with E-state index in [0.717, 1.165) is 61.1 Å². The normalized spacial score (nSPS) is 33.0. The minimum Gasteiger partial charge on any atom is -0.459 e. The number of piperazine rings is 2. The molecule has 5 fully saturated rings. The molecule has 576 valence electrons. The fraction of sp³-hybridized carbons (Fsp3) is 0.714. The Morgan fingerprint density at radius 1 is 0.721 bits per heavy atom. The molecule has 8 heterocycles. The van der Waals surface area contributed by atoms with Gasteiger partial charge in [-0.1, -0.05) is 64.2 Å². The summed E-state index contributed by atoms with van der Waals surface area (Å²) in [6.07, 6.45) is 15.9. The zero-order valence-corrected chi connectivity index (χ0v) is 63.3. The third-order valence-corrected chi connectivity index (χ3v) is 22.4. The van der Waals surface area contributed by atoms with Gasteiger partial charge in [-0.3, -0.25) is 24.1 Å². The van der Waals surface area contributed by atoms with Gasteiger partial charge in [0.25, 0.3) is 11.7 Å². The maximum absolute atomic E-state index is 14.9. The number of hydrogen-bond acceptors (Lipinski definition) is 24. The fourth-order valence-corrected chi connectivity index (χ4v) is 15.8. The van der Waals surface area contributed by atoms with E-state index in [9.17, 15) is 39.0 Å². The number of fused-ring (bicyclic) bond motifs is 4. The lowest BCUT2D eigenvalue weighted by Gasteiger charge is -2.43. The topological polar surface area (TPSA) is 314 Å². The Bertz CT molecular complexity index is 3310. The summed E-state index contributed by atoms with van der Waals surface area (Å²) in [5.41, 5.74) is 11.3. The van der Waals surface area contributed by atoms with Crippen molar-refractivity contribution in [1.29, 1.82) is 0 Å². The van der Waals surface area contributed by atoms with Gasteiger partial charge in [0, 0.05) is 168 Å². The molecule has 2 aromatic heterocycles. The van der Waals surface area contributed by atoms with Gasteiger partial charge in [-0.25, -0.2) is 29.5 Å². The first kappa shape index (κ1) is 81.4. The van der Waals surface area contributed by atoms with Crippen molar-refractivity contribution in [2.75, 3.05) is 123 Å². The molecule has 4 N–H and O–H groups in total. The number of nitrogens with zero attached hydrogens (tertiary/aromatic N) is 10. The molecule has 104 heavy (non-hydrogen) atoms. The van der Waals surface area contributed by atoms with Gasteiger partial charge < -0.3 is 78.3 Å². The Hall–Kier alpha value is -6.66. The number of allylic oxidation sites excluding steroid dienone is 5. The number of esters is 1. The van der Waals surface area contributed by atoms with Crippen molar-refractivity contribution in [2.24, 2.45) is 35.3 Å². The highest BCUT2D eigenvalue weighted by Crippen LogP contribution is 2.38. The van der Waals surface area contributed by atoms with Gasteiger partial charge >= 0.3 is 12.1 Å². The summed E-state index contributed by atoms with van der Waals surface area (Å²) in [6.45, 7) is 21.3. The van der Waals surface area contributed by atoms with E-state index in [-0.39, 0.29) is 49.5 Å². The number of rotatable bonds is 16. The number of hydrogen-bond donors (Lipinski definition) is 3. The number of aromatic nitrogens is 4. The largest absolute Gasteiger partial charge is 0.459 e. The maximum atomic E-state index is 14.9. The van der Waals surface area contributed by atoms with Crippen LogP contribution in [0, 0.1) is 36.5 Å². The van der Waals surface area contributed by atoms with Crippen molar-refractivity contribution in [2.45, 2.75) is 212 Å². The van der Waals surface area contributed by atoms with Crippen LogP contribution in [-0.4, -0.2) is 266 Å². The molecule has 9 rings (SSSR count).